The number of anilines is 1. The van der Waals surface area contributed by atoms with Crippen LogP contribution in [0.2, 0.25) is 0 Å². The number of allylic oxidation sites excluding steroid dienone is 1. The molecule has 0 aromatic heterocycles. The van der Waals surface area contributed by atoms with Crippen LogP contribution in [-0.2, 0) is 19.1 Å². The van der Waals surface area contributed by atoms with Crippen LogP contribution in [0.25, 0.3) is 0 Å². The summed E-state index contributed by atoms with van der Waals surface area (Å²) >= 11 is 0. The molecule has 0 aliphatic heterocycles. The highest BCUT2D eigenvalue weighted by atomic mass is 16.5. The van der Waals surface area contributed by atoms with Crippen molar-refractivity contribution in [3.63, 3.8) is 0 Å². The second kappa shape index (κ2) is 11.8. The van der Waals surface area contributed by atoms with E-state index in [1.165, 1.54) is 20.4 Å². The molecule has 0 saturated carbocycles. The molecule has 0 saturated heterocycles. The average Bonchev–Trinajstić information content (AvgIpc) is 2.69. The summed E-state index contributed by atoms with van der Waals surface area (Å²) in [5.41, 5.74) is 0.283. The van der Waals surface area contributed by atoms with Gasteiger partial charge < -0.3 is 24.3 Å². The predicted octanol–water partition coefficient (Wildman–Crippen LogP) is 1.91. The molecule has 0 radical (unpaired) electrons. The number of carbonyl (C=O) groups excluding carboxylic acids is 2. The summed E-state index contributed by atoms with van der Waals surface area (Å²) in [6.07, 6.45) is 1.37. The van der Waals surface area contributed by atoms with Crippen molar-refractivity contribution in [2.24, 2.45) is 0 Å². The first kappa shape index (κ1) is 21.3. The van der Waals surface area contributed by atoms with Crippen LogP contribution >= 0.6 is 0 Å². The number of nitriles is 2. The van der Waals surface area contributed by atoms with Gasteiger partial charge in [0.05, 0.1) is 46.0 Å². The summed E-state index contributed by atoms with van der Waals surface area (Å²) in [5, 5.41) is 20.4. The van der Waals surface area contributed by atoms with Crippen molar-refractivity contribution in [3.8, 4) is 23.6 Å². The zero-order valence-corrected chi connectivity index (χ0v) is 15.0. The lowest BCUT2D eigenvalue weighted by Gasteiger charge is -2.13. The van der Waals surface area contributed by atoms with E-state index in [1.807, 2.05) is 0 Å². The Morgan fingerprint density at radius 2 is 1.63 bits per heavy atom. The minimum absolute atomic E-state index is 0.0603. The molecule has 1 rings (SSSR count). The van der Waals surface area contributed by atoms with E-state index in [2.05, 4.69) is 14.8 Å². The molecule has 0 aliphatic rings. The van der Waals surface area contributed by atoms with Crippen molar-refractivity contribution in [1.29, 1.82) is 10.5 Å². The minimum Gasteiger partial charge on any atom is -0.493 e. The van der Waals surface area contributed by atoms with E-state index >= 15 is 0 Å². The number of nitrogens with zero attached hydrogens (tertiary/aromatic N) is 2. The maximum Gasteiger partial charge on any atom is 0.308 e. The van der Waals surface area contributed by atoms with E-state index in [0.717, 1.165) is 0 Å². The van der Waals surface area contributed by atoms with Crippen LogP contribution in [0.3, 0.4) is 0 Å². The third kappa shape index (κ3) is 7.80. The van der Waals surface area contributed by atoms with Gasteiger partial charge in [0.25, 0.3) is 0 Å². The first-order chi connectivity index (χ1) is 13.0. The van der Waals surface area contributed by atoms with Crippen LogP contribution < -0.4 is 14.8 Å². The van der Waals surface area contributed by atoms with Crippen molar-refractivity contribution in [2.75, 3.05) is 32.8 Å². The van der Waals surface area contributed by atoms with Gasteiger partial charge in [0.2, 0.25) is 0 Å². The Kier molecular flexibility index (Phi) is 9.29. The van der Waals surface area contributed by atoms with E-state index in [1.54, 1.807) is 30.3 Å². The fourth-order valence-corrected chi connectivity index (χ4v) is 1.78. The summed E-state index contributed by atoms with van der Waals surface area (Å²) < 4.78 is 20.1. The van der Waals surface area contributed by atoms with Crippen LogP contribution in [0.1, 0.15) is 12.8 Å². The third-order valence-corrected chi connectivity index (χ3v) is 3.16. The molecular weight excluding hydrogens is 354 g/mol. The molecule has 0 unspecified atom stereocenters. The van der Waals surface area contributed by atoms with Gasteiger partial charge in [0.15, 0.2) is 0 Å². The van der Waals surface area contributed by atoms with E-state index in [0.29, 0.717) is 17.2 Å². The van der Waals surface area contributed by atoms with Crippen LogP contribution in [0.5, 0.6) is 11.5 Å². The van der Waals surface area contributed by atoms with E-state index in [9.17, 15) is 9.59 Å². The largest absolute Gasteiger partial charge is 0.493 e. The van der Waals surface area contributed by atoms with Gasteiger partial charge in [0.1, 0.15) is 29.2 Å². The van der Waals surface area contributed by atoms with Crippen molar-refractivity contribution >= 4 is 17.6 Å². The highest BCUT2D eigenvalue weighted by Crippen LogP contribution is 2.30. The van der Waals surface area contributed by atoms with Crippen LogP contribution in [0.4, 0.5) is 5.69 Å². The molecule has 142 valence electrons. The Bertz CT molecular complexity index is 760. The second-order valence-corrected chi connectivity index (χ2v) is 4.93. The van der Waals surface area contributed by atoms with Gasteiger partial charge in [-0.05, 0) is 12.1 Å². The van der Waals surface area contributed by atoms with E-state index < -0.39 is 11.9 Å². The van der Waals surface area contributed by atoms with Gasteiger partial charge in [-0.25, -0.2) is 0 Å². The molecule has 0 heterocycles. The Morgan fingerprint density at radius 3 is 2.19 bits per heavy atom. The molecule has 9 heteroatoms. The summed E-state index contributed by atoms with van der Waals surface area (Å²) in [5.74, 6) is 0.00595. The Hall–Kier alpha value is -3.72. The highest BCUT2D eigenvalue weighted by molar-refractivity contribution is 5.70. The lowest BCUT2D eigenvalue weighted by molar-refractivity contribution is -0.142. The lowest BCUT2D eigenvalue weighted by Crippen LogP contribution is -2.09. The fraction of sp³-hybridized carbons (Fsp3) is 0.333. The molecule has 1 aromatic carbocycles. The smallest absolute Gasteiger partial charge is 0.308 e. The highest BCUT2D eigenvalue weighted by Gasteiger charge is 2.09. The molecule has 27 heavy (non-hydrogen) atoms. The normalized spacial score (nSPS) is 9.19. The van der Waals surface area contributed by atoms with Gasteiger partial charge in [-0.3, -0.25) is 9.59 Å². The number of carbonyl (C=O) groups is 2. The van der Waals surface area contributed by atoms with Crippen molar-refractivity contribution in [2.45, 2.75) is 12.8 Å². The molecule has 0 amide bonds. The molecule has 0 spiro atoms. The van der Waals surface area contributed by atoms with Crippen molar-refractivity contribution in [3.05, 3.63) is 30.0 Å². The fourth-order valence-electron chi connectivity index (χ4n) is 1.78. The molecular formula is C18H19N3O6. The van der Waals surface area contributed by atoms with E-state index in [4.69, 9.17) is 20.0 Å². The quantitative estimate of drug-likeness (QED) is 0.482. The van der Waals surface area contributed by atoms with Gasteiger partial charge >= 0.3 is 11.9 Å². The third-order valence-electron chi connectivity index (χ3n) is 3.16. The summed E-state index contributed by atoms with van der Waals surface area (Å²) in [4.78, 5) is 22.3. The number of rotatable bonds is 10. The van der Waals surface area contributed by atoms with Gasteiger partial charge in [-0.1, -0.05) is 0 Å². The van der Waals surface area contributed by atoms with Crippen molar-refractivity contribution in [1.82, 2.24) is 0 Å². The Balaban J connectivity index is 2.88. The molecule has 1 N–H and O–H groups in total. The number of esters is 2. The lowest BCUT2D eigenvalue weighted by atomic mass is 10.2. The standard InChI is InChI=1S/C18H19N3O6/c1-24-17(22)5-7-26-14-3-4-16(27-8-6-18(23)25-2)15(9-14)21-12-13(10-19)11-20/h3-4,9,12,21H,5-8H2,1-2H3. The van der Waals surface area contributed by atoms with Gasteiger partial charge in [0, 0.05) is 12.3 Å². The minimum atomic E-state index is -0.414. The van der Waals surface area contributed by atoms with Crippen LogP contribution in [0.15, 0.2) is 30.0 Å². The average molecular weight is 373 g/mol. The molecule has 0 bridgehead atoms. The first-order valence-corrected chi connectivity index (χ1v) is 7.84. The maximum absolute atomic E-state index is 11.2. The Morgan fingerprint density at radius 1 is 1.04 bits per heavy atom. The number of methoxy groups -OCH3 is 2. The molecule has 1 aromatic rings. The number of hydrogen-bond donors (Lipinski definition) is 1. The molecule has 0 atom stereocenters. The first-order valence-electron chi connectivity index (χ1n) is 7.84. The molecule has 0 fully saturated rings. The second-order valence-electron chi connectivity index (χ2n) is 4.93. The SMILES string of the molecule is COC(=O)CCOc1ccc(OCCC(=O)OC)c(NC=C(C#N)C#N)c1. The number of hydrogen-bond acceptors (Lipinski definition) is 9. The summed E-state index contributed by atoms with van der Waals surface area (Å²) in [7, 11) is 2.57. The predicted molar refractivity (Wildman–Crippen MR) is 93.6 cm³/mol. The van der Waals surface area contributed by atoms with Crippen LogP contribution in [0, 0.1) is 22.7 Å². The number of ether oxygens (including phenoxy) is 4. The van der Waals surface area contributed by atoms with Crippen LogP contribution in [-0.4, -0.2) is 39.4 Å². The monoisotopic (exact) mass is 373 g/mol. The Labute approximate surface area is 156 Å². The van der Waals surface area contributed by atoms with Gasteiger partial charge in [-0.15, -0.1) is 0 Å². The summed E-state index contributed by atoms with van der Waals surface area (Å²) in [6.45, 7) is 0.198. The van der Waals surface area contributed by atoms with Gasteiger partial charge in [-0.2, -0.15) is 10.5 Å². The summed E-state index contributed by atoms with van der Waals surface area (Å²) in [6, 6.07) is 8.25. The van der Waals surface area contributed by atoms with E-state index in [-0.39, 0.29) is 31.6 Å². The topological polar surface area (TPSA) is 131 Å². The van der Waals surface area contributed by atoms with Crippen molar-refractivity contribution < 1.29 is 28.5 Å². The zero-order valence-electron chi connectivity index (χ0n) is 15.0. The number of nitrogens with one attached hydrogen (secondary N) is 1. The molecule has 9 nitrogen and oxygen atoms in total. The zero-order chi connectivity index (χ0) is 20.1. The number of benzene rings is 1. The molecule has 0 aliphatic carbocycles. The maximum atomic E-state index is 11.2.